The Hall–Kier alpha value is -2.60. The van der Waals surface area contributed by atoms with Crippen molar-refractivity contribution in [3.8, 4) is 11.5 Å². The quantitative estimate of drug-likeness (QED) is 0.880. The minimum absolute atomic E-state index is 0.281. The number of methoxy groups -OCH3 is 2. The molecule has 6 heteroatoms. The fourth-order valence-electron chi connectivity index (χ4n) is 4.41. The Morgan fingerprint density at radius 1 is 1.19 bits per heavy atom. The molecule has 1 N–H and O–H groups in total. The van der Waals surface area contributed by atoms with Crippen molar-refractivity contribution in [2.24, 2.45) is 0 Å². The first-order chi connectivity index (χ1) is 12.7. The fraction of sp³-hybridized carbons (Fsp3) is 0.400. The van der Waals surface area contributed by atoms with Crippen LogP contribution in [-0.2, 0) is 16.0 Å². The normalized spacial score (nSPS) is 23.3. The first-order valence-corrected chi connectivity index (χ1v) is 8.80. The Morgan fingerprint density at radius 2 is 2.08 bits per heavy atom. The predicted octanol–water partition coefficient (Wildman–Crippen LogP) is 2.76. The highest BCUT2D eigenvalue weighted by atomic mass is 16.7. The van der Waals surface area contributed by atoms with Gasteiger partial charge in [0.2, 0.25) is 6.79 Å². The Bertz CT molecular complexity index is 882. The smallest absolute Gasteiger partial charge is 0.230 e. The van der Waals surface area contributed by atoms with Crippen molar-refractivity contribution in [2.75, 3.05) is 27.6 Å². The third kappa shape index (κ3) is 2.08. The van der Waals surface area contributed by atoms with E-state index in [0.717, 1.165) is 46.9 Å². The van der Waals surface area contributed by atoms with E-state index in [0.29, 0.717) is 24.5 Å². The molecule has 26 heavy (non-hydrogen) atoms. The molecule has 3 aliphatic heterocycles. The van der Waals surface area contributed by atoms with Crippen molar-refractivity contribution in [3.63, 3.8) is 0 Å². The lowest BCUT2D eigenvalue weighted by molar-refractivity contribution is 0.0734. The molecule has 6 nitrogen and oxygen atoms in total. The lowest BCUT2D eigenvalue weighted by Crippen LogP contribution is -2.37. The first-order valence-electron chi connectivity index (χ1n) is 8.80. The van der Waals surface area contributed by atoms with Crippen LogP contribution < -0.4 is 9.47 Å². The topological polar surface area (TPSA) is 60.4 Å². The summed E-state index contributed by atoms with van der Waals surface area (Å²) in [5.74, 6) is 3.10. The molecule has 0 aromatic heterocycles. The zero-order chi connectivity index (χ0) is 17.8. The van der Waals surface area contributed by atoms with Gasteiger partial charge in [-0.1, -0.05) is 6.07 Å². The number of ether oxygens (including phenoxy) is 4. The van der Waals surface area contributed by atoms with Gasteiger partial charge in [0.25, 0.3) is 0 Å². The molecule has 0 amide bonds. The summed E-state index contributed by atoms with van der Waals surface area (Å²) < 4.78 is 22.1. The van der Waals surface area contributed by atoms with Gasteiger partial charge in [-0.25, -0.2) is 0 Å². The highest BCUT2D eigenvalue weighted by Gasteiger charge is 2.38. The second kappa shape index (κ2) is 5.71. The van der Waals surface area contributed by atoms with Crippen molar-refractivity contribution < 1.29 is 24.1 Å². The minimum Gasteiger partial charge on any atom is -0.493 e. The summed E-state index contributed by atoms with van der Waals surface area (Å²) in [5.41, 5.74) is 5.25. The van der Waals surface area contributed by atoms with Gasteiger partial charge in [-0.2, -0.15) is 0 Å². The Kier molecular flexibility index (Phi) is 3.43. The van der Waals surface area contributed by atoms with Gasteiger partial charge in [0.15, 0.2) is 17.3 Å². The predicted molar refractivity (Wildman–Crippen MR) is 93.3 cm³/mol. The molecule has 1 aromatic carbocycles. The molecule has 1 aliphatic carbocycles. The Labute approximate surface area is 151 Å². The van der Waals surface area contributed by atoms with E-state index >= 15 is 0 Å². The van der Waals surface area contributed by atoms with Gasteiger partial charge in [-0.05, 0) is 35.3 Å². The summed E-state index contributed by atoms with van der Waals surface area (Å²) >= 11 is 0. The number of hydrogen-bond donors (Lipinski definition) is 1. The molecule has 4 aliphatic rings. The van der Waals surface area contributed by atoms with Crippen LogP contribution in [0.15, 0.2) is 46.6 Å². The first kappa shape index (κ1) is 15.6. The van der Waals surface area contributed by atoms with E-state index in [2.05, 4.69) is 11.0 Å². The number of rotatable bonds is 2. The van der Waals surface area contributed by atoms with Crippen LogP contribution in [0.25, 0.3) is 0 Å². The molecule has 1 atom stereocenters. The van der Waals surface area contributed by atoms with E-state index in [1.165, 1.54) is 5.57 Å². The number of aliphatic hydroxyl groups is 1. The summed E-state index contributed by atoms with van der Waals surface area (Å²) in [5, 5.41) is 11.2. The van der Waals surface area contributed by atoms with E-state index in [-0.39, 0.29) is 6.79 Å². The fourth-order valence-corrected chi connectivity index (χ4v) is 4.41. The number of fused-ring (bicyclic) bond motifs is 3. The maximum absolute atomic E-state index is 11.2. The molecule has 0 spiro atoms. The van der Waals surface area contributed by atoms with Gasteiger partial charge < -0.3 is 29.0 Å². The number of benzene rings is 1. The SMILES string of the molecule is COc1ccc2c(c1OC)CN1CCC3=CC4=C(CC3=C1[C@H]2O)OCO4. The standard InChI is InChI=1S/C20H21NO5/c1-23-15-4-3-12-14(20(15)24-2)9-21-6-5-11-7-16-17(26-10-25-16)8-13(11)18(21)19(12)22/h3-4,7,19,22H,5-6,8-10H2,1-2H3/t19-/m0/s1. The lowest BCUT2D eigenvalue weighted by atomic mass is 9.82. The van der Waals surface area contributed by atoms with Crippen LogP contribution in [-0.4, -0.2) is 37.6 Å². The van der Waals surface area contributed by atoms with E-state index < -0.39 is 6.10 Å². The molecule has 0 saturated carbocycles. The van der Waals surface area contributed by atoms with Gasteiger partial charge in [0.05, 0.1) is 19.9 Å². The lowest BCUT2D eigenvalue weighted by Gasteiger charge is -2.42. The van der Waals surface area contributed by atoms with E-state index in [1.807, 2.05) is 12.1 Å². The molecule has 0 radical (unpaired) electrons. The van der Waals surface area contributed by atoms with Crippen LogP contribution in [0, 0.1) is 0 Å². The van der Waals surface area contributed by atoms with Gasteiger partial charge in [0, 0.05) is 25.1 Å². The Balaban J connectivity index is 1.63. The van der Waals surface area contributed by atoms with Crippen LogP contribution in [0.3, 0.4) is 0 Å². The van der Waals surface area contributed by atoms with Crippen LogP contribution in [0.1, 0.15) is 30.1 Å². The largest absolute Gasteiger partial charge is 0.493 e. The van der Waals surface area contributed by atoms with Gasteiger partial charge in [-0.15, -0.1) is 0 Å². The highest BCUT2D eigenvalue weighted by Crippen LogP contribution is 2.49. The van der Waals surface area contributed by atoms with E-state index in [1.54, 1.807) is 14.2 Å². The maximum atomic E-state index is 11.2. The summed E-state index contributed by atoms with van der Waals surface area (Å²) in [6.07, 6.45) is 2.98. The average Bonchev–Trinajstić information content (AvgIpc) is 3.12. The Morgan fingerprint density at radius 3 is 2.88 bits per heavy atom. The molecule has 136 valence electrons. The molecule has 0 unspecified atom stereocenters. The molecule has 5 rings (SSSR count). The molecule has 0 bridgehead atoms. The molecule has 3 heterocycles. The van der Waals surface area contributed by atoms with Crippen LogP contribution >= 0.6 is 0 Å². The zero-order valence-electron chi connectivity index (χ0n) is 14.9. The average molecular weight is 355 g/mol. The second-order valence-corrected chi connectivity index (χ2v) is 6.85. The van der Waals surface area contributed by atoms with Gasteiger partial charge in [0.1, 0.15) is 11.9 Å². The number of hydrogen-bond acceptors (Lipinski definition) is 6. The summed E-state index contributed by atoms with van der Waals surface area (Å²) in [6, 6.07) is 3.80. The zero-order valence-corrected chi connectivity index (χ0v) is 14.9. The number of allylic oxidation sites excluding steroid dienone is 2. The molecule has 0 saturated heterocycles. The molecule has 0 fully saturated rings. The number of aliphatic hydroxyl groups excluding tert-OH is 1. The monoisotopic (exact) mass is 355 g/mol. The van der Waals surface area contributed by atoms with Crippen LogP contribution in [0.5, 0.6) is 11.5 Å². The van der Waals surface area contributed by atoms with E-state index in [4.69, 9.17) is 18.9 Å². The van der Waals surface area contributed by atoms with Gasteiger partial charge in [-0.3, -0.25) is 0 Å². The minimum atomic E-state index is -0.693. The third-order valence-corrected chi connectivity index (χ3v) is 5.64. The van der Waals surface area contributed by atoms with Crippen LogP contribution in [0.2, 0.25) is 0 Å². The highest BCUT2D eigenvalue weighted by molar-refractivity contribution is 5.57. The van der Waals surface area contributed by atoms with Crippen LogP contribution in [0.4, 0.5) is 0 Å². The van der Waals surface area contributed by atoms with Crippen molar-refractivity contribution in [2.45, 2.75) is 25.5 Å². The van der Waals surface area contributed by atoms with Gasteiger partial charge >= 0.3 is 0 Å². The number of nitrogens with zero attached hydrogens (tertiary/aromatic N) is 1. The third-order valence-electron chi connectivity index (χ3n) is 5.64. The maximum Gasteiger partial charge on any atom is 0.230 e. The summed E-state index contributed by atoms with van der Waals surface area (Å²) in [6.45, 7) is 1.83. The molecular formula is C20H21NO5. The summed E-state index contributed by atoms with van der Waals surface area (Å²) in [7, 11) is 3.27. The van der Waals surface area contributed by atoms with Crippen molar-refractivity contribution in [1.29, 1.82) is 0 Å². The van der Waals surface area contributed by atoms with E-state index in [9.17, 15) is 5.11 Å². The molecular weight excluding hydrogens is 334 g/mol. The molecule has 1 aromatic rings. The second-order valence-electron chi connectivity index (χ2n) is 6.85. The van der Waals surface area contributed by atoms with Crippen molar-refractivity contribution >= 4 is 0 Å². The van der Waals surface area contributed by atoms with Crippen molar-refractivity contribution in [3.05, 3.63) is 57.7 Å². The summed E-state index contributed by atoms with van der Waals surface area (Å²) in [4.78, 5) is 2.25. The van der Waals surface area contributed by atoms with Crippen molar-refractivity contribution in [1.82, 2.24) is 4.90 Å².